The van der Waals surface area contributed by atoms with Gasteiger partial charge >= 0.3 is 0 Å². The van der Waals surface area contributed by atoms with Crippen molar-refractivity contribution >= 4 is 30.1 Å². The second-order valence-corrected chi connectivity index (χ2v) is 3.02. The first-order valence-electron chi connectivity index (χ1n) is 4.32. The van der Waals surface area contributed by atoms with E-state index >= 15 is 0 Å². The molecule has 0 radical (unpaired) electrons. The number of amides is 1. The van der Waals surface area contributed by atoms with Crippen molar-refractivity contribution in [1.82, 2.24) is 0 Å². The molecule has 0 rings (SSSR count). The normalized spacial score (nSPS) is 9.43. The Morgan fingerprint density at radius 2 is 1.71 bits per heavy atom. The molecule has 0 saturated heterocycles. The van der Waals surface area contributed by atoms with Crippen LogP contribution in [0.2, 0.25) is 0 Å². The summed E-state index contributed by atoms with van der Waals surface area (Å²) in [6, 6.07) is 0. The SMILES string of the molecule is CC[N+](C)(CC)CCO.I.NC(=O)[O-]. The summed E-state index contributed by atoms with van der Waals surface area (Å²) in [5, 5.41) is 17.3. The van der Waals surface area contributed by atoms with Crippen LogP contribution in [0, 0.1) is 0 Å². The van der Waals surface area contributed by atoms with Gasteiger partial charge in [0.25, 0.3) is 0 Å². The first kappa shape index (κ1) is 19.5. The van der Waals surface area contributed by atoms with Crippen molar-refractivity contribution in [2.24, 2.45) is 5.73 Å². The van der Waals surface area contributed by atoms with Crippen molar-refractivity contribution in [3.63, 3.8) is 0 Å². The van der Waals surface area contributed by atoms with Crippen LogP contribution in [0.4, 0.5) is 4.79 Å². The minimum atomic E-state index is -1.58. The molecule has 1 amide bonds. The average Bonchev–Trinajstić information content (AvgIpc) is 2.04. The average molecular weight is 320 g/mol. The van der Waals surface area contributed by atoms with Gasteiger partial charge < -0.3 is 25.2 Å². The third-order valence-electron chi connectivity index (χ3n) is 2.17. The van der Waals surface area contributed by atoms with Crippen molar-refractivity contribution in [3.8, 4) is 0 Å². The molecule has 0 aliphatic carbocycles. The number of quaternary nitrogens is 1. The highest BCUT2D eigenvalue weighted by atomic mass is 127. The second-order valence-electron chi connectivity index (χ2n) is 3.02. The zero-order chi connectivity index (χ0) is 10.9. The molecule has 0 unspecified atom stereocenters. The lowest BCUT2D eigenvalue weighted by molar-refractivity contribution is -0.906. The molecule has 0 atom stereocenters. The Bertz CT molecular complexity index is 137. The van der Waals surface area contributed by atoms with Crippen molar-refractivity contribution in [1.29, 1.82) is 0 Å². The number of likely N-dealkylation sites (N-methyl/N-ethyl adjacent to an activating group) is 1. The standard InChI is InChI=1S/C7H18NO.CH3NO2.HI/c1-4-8(3,5-2)6-7-9;2-1(3)4;/h9H,4-7H2,1-3H3;2H2,(H,3,4);1H/q+1;;/p-1. The third kappa shape index (κ3) is 14.4. The Morgan fingerprint density at radius 3 is 1.79 bits per heavy atom. The fraction of sp³-hybridized carbons (Fsp3) is 0.875. The highest BCUT2D eigenvalue weighted by Gasteiger charge is 2.13. The Morgan fingerprint density at radius 1 is 1.43 bits per heavy atom. The van der Waals surface area contributed by atoms with Crippen molar-refractivity contribution < 1.29 is 19.5 Å². The maximum Gasteiger partial charge on any atom is 0.131 e. The van der Waals surface area contributed by atoms with Gasteiger partial charge in [-0.25, -0.2) is 0 Å². The minimum Gasteiger partial charge on any atom is -0.530 e. The predicted octanol–water partition coefficient (Wildman–Crippen LogP) is -0.628. The van der Waals surface area contributed by atoms with Crippen LogP contribution in [0.25, 0.3) is 0 Å². The molecule has 0 aliphatic rings. The number of hydrogen-bond donors (Lipinski definition) is 2. The third-order valence-corrected chi connectivity index (χ3v) is 2.17. The summed E-state index contributed by atoms with van der Waals surface area (Å²) >= 11 is 0. The number of primary amides is 1. The van der Waals surface area contributed by atoms with Gasteiger partial charge in [-0.1, -0.05) is 0 Å². The van der Waals surface area contributed by atoms with E-state index in [1.54, 1.807) is 0 Å². The molecule has 0 aliphatic heterocycles. The summed E-state index contributed by atoms with van der Waals surface area (Å²) in [4.78, 5) is 8.67. The lowest BCUT2D eigenvalue weighted by Crippen LogP contribution is -2.45. The van der Waals surface area contributed by atoms with Gasteiger partial charge in [0.05, 0.1) is 26.7 Å². The van der Waals surface area contributed by atoms with Crippen LogP contribution in [-0.2, 0) is 0 Å². The quantitative estimate of drug-likeness (QED) is 0.534. The van der Waals surface area contributed by atoms with E-state index in [1.165, 1.54) is 0 Å². The van der Waals surface area contributed by atoms with E-state index in [4.69, 9.17) is 15.0 Å². The Balaban J connectivity index is -0.000000209. The number of carbonyl (C=O) groups is 1. The van der Waals surface area contributed by atoms with E-state index in [9.17, 15) is 0 Å². The van der Waals surface area contributed by atoms with Crippen molar-refractivity contribution in [3.05, 3.63) is 0 Å². The van der Waals surface area contributed by atoms with Gasteiger partial charge in [0, 0.05) is 0 Å². The van der Waals surface area contributed by atoms with Crippen molar-refractivity contribution in [2.45, 2.75) is 13.8 Å². The molecule has 5 nitrogen and oxygen atoms in total. The number of rotatable bonds is 4. The van der Waals surface area contributed by atoms with Crippen LogP contribution < -0.4 is 10.8 Å². The van der Waals surface area contributed by atoms with E-state index in [0.29, 0.717) is 6.61 Å². The Kier molecular flexibility index (Phi) is 15.3. The van der Waals surface area contributed by atoms with Gasteiger partial charge in [-0.05, 0) is 13.8 Å². The first-order valence-corrected chi connectivity index (χ1v) is 4.32. The largest absolute Gasteiger partial charge is 0.530 e. The summed E-state index contributed by atoms with van der Waals surface area (Å²) in [5.41, 5.74) is 3.92. The molecule has 0 aromatic rings. The highest BCUT2D eigenvalue weighted by molar-refractivity contribution is 14.0. The van der Waals surface area contributed by atoms with Gasteiger partial charge in [0.15, 0.2) is 0 Å². The number of nitrogens with zero attached hydrogens (tertiary/aromatic N) is 1. The smallest absolute Gasteiger partial charge is 0.131 e. The van der Waals surface area contributed by atoms with Gasteiger partial charge in [-0.3, -0.25) is 0 Å². The monoisotopic (exact) mass is 320 g/mol. The topological polar surface area (TPSA) is 86.4 Å². The lowest BCUT2D eigenvalue weighted by atomic mass is 10.4. The molecule has 0 aromatic heterocycles. The van der Waals surface area contributed by atoms with Crippen molar-refractivity contribution in [2.75, 3.05) is 33.3 Å². The fourth-order valence-corrected chi connectivity index (χ4v) is 0.781. The zero-order valence-corrected chi connectivity index (χ0v) is 11.4. The molecule has 0 heterocycles. The van der Waals surface area contributed by atoms with E-state index < -0.39 is 6.09 Å². The zero-order valence-electron chi connectivity index (χ0n) is 9.02. The molecule has 0 saturated carbocycles. The lowest BCUT2D eigenvalue weighted by Gasteiger charge is -2.31. The molecular weight excluding hydrogens is 299 g/mol. The van der Waals surface area contributed by atoms with E-state index in [0.717, 1.165) is 24.1 Å². The molecule has 14 heavy (non-hydrogen) atoms. The molecule has 0 aromatic carbocycles. The number of nitrogens with two attached hydrogens (primary N) is 1. The molecule has 0 fully saturated rings. The number of aliphatic hydroxyl groups excluding tert-OH is 1. The summed E-state index contributed by atoms with van der Waals surface area (Å²) in [6.07, 6.45) is -1.58. The maximum atomic E-state index is 8.67. The van der Waals surface area contributed by atoms with Crippen LogP contribution in [0.3, 0.4) is 0 Å². The number of halogens is 1. The van der Waals surface area contributed by atoms with Gasteiger partial charge in [-0.2, -0.15) is 0 Å². The molecule has 0 bridgehead atoms. The van der Waals surface area contributed by atoms with Crippen LogP contribution in [0.15, 0.2) is 0 Å². The summed E-state index contributed by atoms with van der Waals surface area (Å²) in [6.45, 7) is 7.71. The number of carboxylic acid groups (broad SMARTS) is 1. The highest BCUT2D eigenvalue weighted by Crippen LogP contribution is 1.98. The number of hydrogen-bond acceptors (Lipinski definition) is 3. The maximum absolute atomic E-state index is 8.67. The molecule has 6 heteroatoms. The summed E-state index contributed by atoms with van der Waals surface area (Å²) < 4.78 is 0.983. The van der Waals surface area contributed by atoms with E-state index in [-0.39, 0.29) is 24.0 Å². The van der Waals surface area contributed by atoms with Crippen LogP contribution >= 0.6 is 24.0 Å². The van der Waals surface area contributed by atoms with Gasteiger partial charge in [-0.15, -0.1) is 24.0 Å². The van der Waals surface area contributed by atoms with E-state index in [2.05, 4.69) is 26.6 Å². The number of aliphatic hydroxyl groups is 1. The van der Waals surface area contributed by atoms with Crippen LogP contribution in [0.1, 0.15) is 13.8 Å². The Labute approximate surface area is 103 Å². The molecular formula is C8H21IN2O3. The Hall–Kier alpha value is -0.0800. The molecule has 3 N–H and O–H groups in total. The summed E-state index contributed by atoms with van der Waals surface area (Å²) in [7, 11) is 2.16. The first-order chi connectivity index (χ1) is 5.91. The second kappa shape index (κ2) is 11.0. The van der Waals surface area contributed by atoms with E-state index in [1.807, 2.05) is 0 Å². The fourth-order valence-electron chi connectivity index (χ4n) is 0.781. The summed E-state index contributed by atoms with van der Waals surface area (Å²) in [5.74, 6) is 0. The minimum absolute atomic E-state index is 0. The predicted molar refractivity (Wildman–Crippen MR) is 64.2 cm³/mol. The molecule has 88 valence electrons. The van der Waals surface area contributed by atoms with Gasteiger partial charge in [0.2, 0.25) is 0 Å². The number of carbonyl (C=O) groups excluding carboxylic acids is 1. The van der Waals surface area contributed by atoms with Crippen LogP contribution in [-0.4, -0.2) is 49.0 Å². The van der Waals surface area contributed by atoms with Gasteiger partial charge in [0.1, 0.15) is 12.6 Å². The molecule has 0 spiro atoms. The van der Waals surface area contributed by atoms with Crippen LogP contribution in [0.5, 0.6) is 0 Å².